The van der Waals surface area contributed by atoms with Crippen LogP contribution in [-0.4, -0.2) is 20.4 Å². The van der Waals surface area contributed by atoms with Gasteiger partial charge in [-0.1, -0.05) is 30.4 Å². The highest BCUT2D eigenvalue weighted by molar-refractivity contribution is 5.58. The second-order valence-corrected chi connectivity index (χ2v) is 4.02. The first-order valence-corrected chi connectivity index (χ1v) is 5.84. The van der Waals surface area contributed by atoms with Gasteiger partial charge < -0.3 is 10.6 Å². The maximum absolute atomic E-state index is 13.1. The number of rotatable bonds is 5. The predicted molar refractivity (Wildman–Crippen MR) is 80.8 cm³/mol. The van der Waals surface area contributed by atoms with Crippen molar-refractivity contribution >= 4 is 18.1 Å². The molecule has 0 spiro atoms. The summed E-state index contributed by atoms with van der Waals surface area (Å²) in [5, 5.41) is 0. The Morgan fingerprint density at radius 1 is 1.32 bits per heavy atom. The van der Waals surface area contributed by atoms with E-state index < -0.39 is 5.83 Å². The highest BCUT2D eigenvalue weighted by atomic mass is 19.1. The highest BCUT2D eigenvalue weighted by Gasteiger charge is 1.93. The summed E-state index contributed by atoms with van der Waals surface area (Å²) in [5.41, 5.74) is 7.18. The Hall–Kier alpha value is -2.36. The largest absolute Gasteiger partial charge is 0.390 e. The molecule has 0 unspecified atom stereocenters. The molecule has 0 aliphatic rings. The van der Waals surface area contributed by atoms with Crippen LogP contribution in [0.4, 0.5) is 10.1 Å². The molecule has 100 valence electrons. The van der Waals surface area contributed by atoms with Crippen molar-refractivity contribution in [3.05, 3.63) is 60.1 Å². The van der Waals surface area contributed by atoms with Crippen molar-refractivity contribution in [1.82, 2.24) is 0 Å². The second-order valence-electron chi connectivity index (χ2n) is 4.02. The van der Waals surface area contributed by atoms with Crippen LogP contribution in [0.3, 0.4) is 0 Å². The molecule has 0 heterocycles. The molecule has 0 aliphatic carbocycles. The van der Waals surface area contributed by atoms with E-state index in [4.69, 9.17) is 5.73 Å². The van der Waals surface area contributed by atoms with Gasteiger partial charge in [-0.15, -0.1) is 0 Å². The lowest BCUT2D eigenvalue weighted by Crippen LogP contribution is -2.08. The maximum Gasteiger partial charge on any atom is 0.141 e. The van der Waals surface area contributed by atoms with Gasteiger partial charge in [0.15, 0.2) is 0 Å². The van der Waals surface area contributed by atoms with E-state index in [1.165, 1.54) is 6.08 Å². The lowest BCUT2D eigenvalue weighted by atomic mass is 10.2. The van der Waals surface area contributed by atoms with E-state index in [9.17, 15) is 4.39 Å². The number of allylic oxidation sites excluding steroid dienone is 4. The first kappa shape index (κ1) is 14.7. The van der Waals surface area contributed by atoms with Gasteiger partial charge in [0, 0.05) is 19.8 Å². The summed E-state index contributed by atoms with van der Waals surface area (Å²) in [6.07, 6.45) is 8.70. The number of aliphatic imine (C=N–C) groups is 1. The summed E-state index contributed by atoms with van der Waals surface area (Å²) in [6.45, 7) is 0. The van der Waals surface area contributed by atoms with Crippen LogP contribution in [0.15, 0.2) is 59.5 Å². The Balaban J connectivity index is 2.67. The Bertz CT molecular complexity index is 514. The van der Waals surface area contributed by atoms with Crippen LogP contribution in [-0.2, 0) is 0 Å². The molecule has 0 aliphatic heterocycles. The Morgan fingerprint density at radius 2 is 2.11 bits per heavy atom. The number of nitrogens with zero attached hydrogens (tertiary/aromatic N) is 2. The van der Waals surface area contributed by atoms with E-state index in [1.54, 1.807) is 12.2 Å². The lowest BCUT2D eigenvalue weighted by Gasteiger charge is -2.12. The molecular weight excluding hydrogens is 241 g/mol. The minimum atomic E-state index is -0.451. The summed E-state index contributed by atoms with van der Waals surface area (Å²) >= 11 is 0. The molecule has 0 aromatic heterocycles. The van der Waals surface area contributed by atoms with E-state index in [1.807, 2.05) is 43.3 Å². The Kier molecular flexibility index (Phi) is 6.09. The van der Waals surface area contributed by atoms with E-state index >= 15 is 0 Å². The third kappa shape index (κ3) is 5.68. The SMILES string of the molecule is CN(C)c1cccc(/C=C/C=C/C(F)=C\N=CN)c1. The predicted octanol–water partition coefficient (Wildman–Crippen LogP) is 3.12. The Labute approximate surface area is 113 Å². The lowest BCUT2D eigenvalue weighted by molar-refractivity contribution is 0.664. The van der Waals surface area contributed by atoms with Crippen LogP contribution in [0.1, 0.15) is 5.56 Å². The van der Waals surface area contributed by atoms with Gasteiger partial charge in [0.05, 0.1) is 12.5 Å². The summed E-state index contributed by atoms with van der Waals surface area (Å²) in [5.74, 6) is -0.451. The third-order valence-corrected chi connectivity index (χ3v) is 2.33. The molecule has 0 atom stereocenters. The van der Waals surface area contributed by atoms with Crippen LogP contribution in [0, 0.1) is 0 Å². The quantitative estimate of drug-likeness (QED) is 0.501. The van der Waals surface area contributed by atoms with Crippen molar-refractivity contribution in [2.75, 3.05) is 19.0 Å². The molecule has 3 nitrogen and oxygen atoms in total. The molecule has 0 bridgehead atoms. The molecule has 4 heteroatoms. The first-order chi connectivity index (χ1) is 9.13. The molecule has 1 rings (SSSR count). The van der Waals surface area contributed by atoms with Gasteiger partial charge in [0.25, 0.3) is 0 Å². The van der Waals surface area contributed by atoms with Crippen LogP contribution >= 0.6 is 0 Å². The number of nitrogens with two attached hydrogens (primary N) is 1. The molecule has 2 N–H and O–H groups in total. The van der Waals surface area contributed by atoms with Crippen molar-refractivity contribution in [2.24, 2.45) is 10.7 Å². The fourth-order valence-corrected chi connectivity index (χ4v) is 1.38. The van der Waals surface area contributed by atoms with E-state index in [0.29, 0.717) is 0 Å². The minimum Gasteiger partial charge on any atom is -0.390 e. The van der Waals surface area contributed by atoms with Crippen molar-refractivity contribution in [3.8, 4) is 0 Å². The standard InChI is InChI=1S/C15H18FN3/c1-19(2)15-9-5-7-13(10-15)6-3-4-8-14(16)11-18-12-17/h3-12H,1-2H3,(H2,17,18)/b6-3+,8-4+,14-11+. The van der Waals surface area contributed by atoms with E-state index in [2.05, 4.69) is 11.1 Å². The number of hydrogen-bond donors (Lipinski definition) is 1. The molecule has 0 fully saturated rings. The smallest absolute Gasteiger partial charge is 0.141 e. The van der Waals surface area contributed by atoms with Gasteiger partial charge in [-0.3, -0.25) is 0 Å². The molecule has 19 heavy (non-hydrogen) atoms. The van der Waals surface area contributed by atoms with Crippen molar-refractivity contribution in [3.63, 3.8) is 0 Å². The van der Waals surface area contributed by atoms with E-state index in [0.717, 1.165) is 23.8 Å². The van der Waals surface area contributed by atoms with Crippen molar-refractivity contribution in [2.45, 2.75) is 0 Å². The minimum absolute atomic E-state index is 0.451. The molecule has 0 amide bonds. The molecule has 0 radical (unpaired) electrons. The van der Waals surface area contributed by atoms with Crippen LogP contribution in [0.2, 0.25) is 0 Å². The average Bonchev–Trinajstić information content (AvgIpc) is 2.41. The van der Waals surface area contributed by atoms with Crippen LogP contribution in [0.25, 0.3) is 6.08 Å². The van der Waals surface area contributed by atoms with Crippen molar-refractivity contribution in [1.29, 1.82) is 0 Å². The van der Waals surface area contributed by atoms with Gasteiger partial charge in [0.2, 0.25) is 0 Å². The van der Waals surface area contributed by atoms with Gasteiger partial charge in [-0.2, -0.15) is 0 Å². The van der Waals surface area contributed by atoms with E-state index in [-0.39, 0.29) is 0 Å². The third-order valence-electron chi connectivity index (χ3n) is 2.33. The zero-order valence-electron chi connectivity index (χ0n) is 11.1. The van der Waals surface area contributed by atoms with Gasteiger partial charge in [0.1, 0.15) is 5.83 Å². The topological polar surface area (TPSA) is 41.6 Å². The normalized spacial score (nSPS) is 12.9. The molecule has 1 aromatic carbocycles. The molecular formula is C15H18FN3. The van der Waals surface area contributed by atoms with Gasteiger partial charge in [-0.25, -0.2) is 9.38 Å². The fraction of sp³-hybridized carbons (Fsp3) is 0.133. The monoisotopic (exact) mass is 259 g/mol. The van der Waals surface area contributed by atoms with Gasteiger partial charge >= 0.3 is 0 Å². The highest BCUT2D eigenvalue weighted by Crippen LogP contribution is 2.14. The zero-order chi connectivity index (χ0) is 14.1. The molecule has 0 saturated heterocycles. The summed E-state index contributed by atoms with van der Waals surface area (Å²) in [4.78, 5) is 5.50. The fourth-order valence-electron chi connectivity index (χ4n) is 1.38. The summed E-state index contributed by atoms with van der Waals surface area (Å²) < 4.78 is 13.1. The number of anilines is 1. The first-order valence-electron chi connectivity index (χ1n) is 5.84. The van der Waals surface area contributed by atoms with Crippen LogP contribution < -0.4 is 10.6 Å². The Morgan fingerprint density at radius 3 is 2.79 bits per heavy atom. The molecule has 0 saturated carbocycles. The van der Waals surface area contributed by atoms with Gasteiger partial charge in [-0.05, 0) is 23.8 Å². The summed E-state index contributed by atoms with van der Waals surface area (Å²) in [7, 11) is 3.97. The summed E-state index contributed by atoms with van der Waals surface area (Å²) in [6, 6.07) is 8.05. The number of halogens is 1. The number of hydrogen-bond acceptors (Lipinski definition) is 2. The number of benzene rings is 1. The maximum atomic E-state index is 13.1. The average molecular weight is 259 g/mol. The van der Waals surface area contributed by atoms with Crippen molar-refractivity contribution < 1.29 is 4.39 Å². The van der Waals surface area contributed by atoms with Crippen LogP contribution in [0.5, 0.6) is 0 Å². The molecule has 1 aromatic rings. The second kappa shape index (κ2) is 7.87. The zero-order valence-corrected chi connectivity index (χ0v) is 11.1.